The van der Waals surface area contributed by atoms with Gasteiger partial charge in [0.15, 0.2) is 6.10 Å². The SMILES string of the molecule is CC1CN(S(=O)(=O)CCNC(=O)C(C)Oc2ccc(F)cc2Br)CC(C)O1. The normalized spacial score (nSPS) is 22.3. The number of morpholine rings is 1. The highest BCUT2D eigenvalue weighted by molar-refractivity contribution is 9.10. The van der Waals surface area contributed by atoms with Crippen molar-refractivity contribution in [3.05, 3.63) is 28.5 Å². The van der Waals surface area contributed by atoms with Gasteiger partial charge < -0.3 is 14.8 Å². The number of hydrogen-bond acceptors (Lipinski definition) is 5. The van der Waals surface area contributed by atoms with E-state index in [2.05, 4.69) is 21.2 Å². The lowest BCUT2D eigenvalue weighted by Crippen LogP contribution is -2.50. The Morgan fingerprint density at radius 1 is 1.41 bits per heavy atom. The molecule has 0 radical (unpaired) electrons. The molecule has 1 amide bonds. The van der Waals surface area contributed by atoms with Gasteiger partial charge in [0.2, 0.25) is 10.0 Å². The van der Waals surface area contributed by atoms with Crippen molar-refractivity contribution in [2.75, 3.05) is 25.4 Å². The Balaban J connectivity index is 1.84. The zero-order valence-electron chi connectivity index (χ0n) is 15.4. The first-order valence-electron chi connectivity index (χ1n) is 8.61. The van der Waals surface area contributed by atoms with Crippen LogP contribution >= 0.6 is 15.9 Å². The molecule has 10 heteroatoms. The highest BCUT2D eigenvalue weighted by Gasteiger charge is 2.30. The molecular weight excluding hydrogens is 443 g/mol. The van der Waals surface area contributed by atoms with Gasteiger partial charge in [-0.15, -0.1) is 0 Å². The fourth-order valence-corrected chi connectivity index (χ4v) is 4.69. The molecule has 3 atom stereocenters. The molecule has 2 rings (SSSR count). The molecule has 1 aliphatic rings. The zero-order valence-corrected chi connectivity index (χ0v) is 17.8. The standard InChI is InChI=1S/C17H24BrFN2O5S/c1-11-9-21(10-12(2)25-11)27(23,24)7-6-20-17(22)13(3)26-16-5-4-14(19)8-15(16)18/h4-5,8,11-13H,6-7,9-10H2,1-3H3,(H,20,22). The van der Waals surface area contributed by atoms with E-state index in [1.807, 2.05) is 13.8 Å². The van der Waals surface area contributed by atoms with Crippen LogP contribution in [-0.4, -0.2) is 62.3 Å². The van der Waals surface area contributed by atoms with Crippen LogP contribution in [-0.2, 0) is 19.6 Å². The molecule has 0 aromatic heterocycles. The van der Waals surface area contributed by atoms with Crippen molar-refractivity contribution >= 4 is 31.9 Å². The smallest absolute Gasteiger partial charge is 0.260 e. The highest BCUT2D eigenvalue weighted by atomic mass is 79.9. The molecule has 0 bridgehead atoms. The Hall–Kier alpha value is -1.23. The Kier molecular flexibility index (Phi) is 7.61. The lowest BCUT2D eigenvalue weighted by molar-refractivity contribution is -0.127. The second kappa shape index (κ2) is 9.31. The third-order valence-corrected chi connectivity index (χ3v) is 6.43. The van der Waals surface area contributed by atoms with Crippen molar-refractivity contribution < 1.29 is 27.1 Å². The van der Waals surface area contributed by atoms with Crippen LogP contribution in [0.5, 0.6) is 5.75 Å². The topological polar surface area (TPSA) is 84.9 Å². The van der Waals surface area contributed by atoms with Crippen molar-refractivity contribution in [2.45, 2.75) is 39.1 Å². The molecule has 152 valence electrons. The molecule has 1 fully saturated rings. The van der Waals surface area contributed by atoms with Crippen LogP contribution in [0.1, 0.15) is 20.8 Å². The van der Waals surface area contributed by atoms with Crippen molar-refractivity contribution in [3.8, 4) is 5.75 Å². The summed E-state index contributed by atoms with van der Waals surface area (Å²) in [5.74, 6) is -0.762. The second-order valence-corrected chi connectivity index (χ2v) is 9.46. The van der Waals surface area contributed by atoms with Gasteiger partial charge in [0.05, 0.1) is 22.4 Å². The largest absolute Gasteiger partial charge is 0.480 e. The van der Waals surface area contributed by atoms with E-state index in [9.17, 15) is 17.6 Å². The summed E-state index contributed by atoms with van der Waals surface area (Å²) >= 11 is 3.17. The molecule has 1 heterocycles. The van der Waals surface area contributed by atoms with E-state index in [1.54, 1.807) is 0 Å². The van der Waals surface area contributed by atoms with Gasteiger partial charge in [-0.3, -0.25) is 4.79 Å². The van der Waals surface area contributed by atoms with Crippen molar-refractivity contribution in [2.24, 2.45) is 0 Å². The molecule has 3 unspecified atom stereocenters. The van der Waals surface area contributed by atoms with Crippen LogP contribution in [0.15, 0.2) is 22.7 Å². The maximum atomic E-state index is 13.1. The minimum Gasteiger partial charge on any atom is -0.480 e. The Labute approximate surface area is 167 Å². The maximum absolute atomic E-state index is 13.1. The first-order valence-corrected chi connectivity index (χ1v) is 11.0. The summed E-state index contributed by atoms with van der Waals surface area (Å²) < 4.78 is 50.8. The highest BCUT2D eigenvalue weighted by Crippen LogP contribution is 2.26. The number of amides is 1. The van der Waals surface area contributed by atoms with Crippen LogP contribution in [0.3, 0.4) is 0 Å². The van der Waals surface area contributed by atoms with Crippen LogP contribution in [0.25, 0.3) is 0 Å². The monoisotopic (exact) mass is 466 g/mol. The summed E-state index contributed by atoms with van der Waals surface area (Å²) in [5, 5.41) is 2.56. The van der Waals surface area contributed by atoms with Crippen LogP contribution in [0.4, 0.5) is 4.39 Å². The van der Waals surface area contributed by atoms with Crippen molar-refractivity contribution in [3.63, 3.8) is 0 Å². The van der Waals surface area contributed by atoms with E-state index >= 15 is 0 Å². The molecule has 27 heavy (non-hydrogen) atoms. The van der Waals surface area contributed by atoms with E-state index in [4.69, 9.17) is 9.47 Å². The van der Waals surface area contributed by atoms with Crippen molar-refractivity contribution in [1.82, 2.24) is 9.62 Å². The summed E-state index contributed by atoms with van der Waals surface area (Å²) in [5.41, 5.74) is 0. The van der Waals surface area contributed by atoms with Gasteiger partial charge in [-0.25, -0.2) is 12.8 Å². The third-order valence-electron chi connectivity index (χ3n) is 4.01. The Morgan fingerprint density at radius 3 is 2.63 bits per heavy atom. The number of carbonyl (C=O) groups excluding carboxylic acids is 1. The van der Waals surface area contributed by atoms with Crippen LogP contribution < -0.4 is 10.1 Å². The summed E-state index contributed by atoms with van der Waals surface area (Å²) in [7, 11) is -3.49. The van der Waals surface area contributed by atoms with Gasteiger partial charge in [-0.2, -0.15) is 4.31 Å². The van der Waals surface area contributed by atoms with E-state index < -0.39 is 27.9 Å². The number of hydrogen-bond donors (Lipinski definition) is 1. The molecule has 1 saturated heterocycles. The molecule has 0 saturated carbocycles. The fourth-order valence-electron chi connectivity index (χ4n) is 2.75. The number of halogens is 2. The fraction of sp³-hybridized carbons (Fsp3) is 0.588. The Bertz CT molecular complexity index is 767. The molecule has 1 aromatic carbocycles. The number of ether oxygens (including phenoxy) is 2. The first kappa shape index (κ1) is 22.1. The van der Waals surface area contributed by atoms with Gasteiger partial charge >= 0.3 is 0 Å². The van der Waals surface area contributed by atoms with E-state index in [0.29, 0.717) is 23.3 Å². The van der Waals surface area contributed by atoms with Gasteiger partial charge in [0.1, 0.15) is 11.6 Å². The predicted octanol–water partition coefficient (Wildman–Crippen LogP) is 1.91. The maximum Gasteiger partial charge on any atom is 0.260 e. The number of rotatable bonds is 7. The summed E-state index contributed by atoms with van der Waals surface area (Å²) in [6.45, 7) is 5.76. The molecule has 0 spiro atoms. The van der Waals surface area contributed by atoms with E-state index in [1.165, 1.54) is 29.4 Å². The van der Waals surface area contributed by atoms with Crippen LogP contribution in [0.2, 0.25) is 0 Å². The van der Waals surface area contributed by atoms with Gasteiger partial charge in [-0.1, -0.05) is 0 Å². The number of nitrogens with one attached hydrogen (secondary N) is 1. The van der Waals surface area contributed by atoms with Gasteiger partial charge in [0, 0.05) is 19.6 Å². The predicted molar refractivity (Wildman–Crippen MR) is 103 cm³/mol. The minimum atomic E-state index is -3.49. The van der Waals surface area contributed by atoms with E-state index in [0.717, 1.165) is 0 Å². The number of nitrogens with zero attached hydrogens (tertiary/aromatic N) is 1. The number of carbonyl (C=O) groups is 1. The quantitative estimate of drug-likeness (QED) is 0.663. The lowest BCUT2D eigenvalue weighted by Gasteiger charge is -2.34. The molecule has 1 N–H and O–H groups in total. The zero-order chi connectivity index (χ0) is 20.2. The van der Waals surface area contributed by atoms with E-state index in [-0.39, 0.29) is 24.5 Å². The number of benzene rings is 1. The number of sulfonamides is 1. The summed E-state index contributed by atoms with van der Waals surface area (Å²) in [4.78, 5) is 12.1. The average molecular weight is 467 g/mol. The molecule has 7 nitrogen and oxygen atoms in total. The molecular formula is C17H24BrFN2O5S. The summed E-state index contributed by atoms with van der Waals surface area (Å²) in [6.07, 6.45) is -1.20. The molecule has 1 aliphatic heterocycles. The Morgan fingerprint density at radius 2 is 2.04 bits per heavy atom. The summed E-state index contributed by atoms with van der Waals surface area (Å²) in [6, 6.07) is 3.87. The average Bonchev–Trinajstić information content (AvgIpc) is 2.56. The molecule has 1 aromatic rings. The first-order chi connectivity index (χ1) is 12.6. The third kappa shape index (κ3) is 6.41. The second-order valence-electron chi connectivity index (χ2n) is 6.52. The molecule has 0 aliphatic carbocycles. The van der Waals surface area contributed by atoms with Crippen molar-refractivity contribution in [1.29, 1.82) is 0 Å². The van der Waals surface area contributed by atoms with Gasteiger partial charge in [0.25, 0.3) is 5.91 Å². The van der Waals surface area contributed by atoms with Gasteiger partial charge in [-0.05, 0) is 54.9 Å². The lowest BCUT2D eigenvalue weighted by atomic mass is 10.3. The minimum absolute atomic E-state index is 0.0282. The van der Waals surface area contributed by atoms with Crippen LogP contribution in [0, 0.1) is 5.82 Å².